The average molecular weight is 382 g/mol. The van der Waals surface area contributed by atoms with Crippen LogP contribution in [0.25, 0.3) is 5.57 Å². The van der Waals surface area contributed by atoms with Crippen LogP contribution >= 0.6 is 11.8 Å². The Morgan fingerprint density at radius 1 is 1.19 bits per heavy atom. The van der Waals surface area contributed by atoms with Gasteiger partial charge >= 0.3 is 0 Å². The molecule has 1 amide bonds. The summed E-state index contributed by atoms with van der Waals surface area (Å²) in [5.74, 6) is 2.02. The molecule has 5 rings (SSSR count). The first-order valence-electron chi connectivity index (χ1n) is 9.36. The molecule has 0 bridgehead atoms. The third kappa shape index (κ3) is 3.20. The standard InChI is InChI=1S/C20H22N4O2S/c25-20-19(17-11-21-10-14(17)12-23-3-6-26-7-4-23)16-9-15(1-2-18(16)22-20)24-5-8-27-13-24/h1-2,9-11,21H,3-8,12-13H2. The van der Waals surface area contributed by atoms with Gasteiger partial charge in [0.1, 0.15) is 0 Å². The van der Waals surface area contributed by atoms with Gasteiger partial charge in [-0.3, -0.25) is 9.69 Å². The second-order valence-electron chi connectivity index (χ2n) is 7.08. The van der Waals surface area contributed by atoms with Crippen molar-refractivity contribution in [3.05, 3.63) is 52.3 Å². The molecule has 6 nitrogen and oxygen atoms in total. The zero-order valence-corrected chi connectivity index (χ0v) is 15.9. The normalized spacial score (nSPS) is 20.2. The molecule has 0 aliphatic carbocycles. The number of amides is 1. The molecule has 140 valence electrons. The third-order valence-electron chi connectivity index (χ3n) is 5.40. The summed E-state index contributed by atoms with van der Waals surface area (Å²) in [7, 11) is 0. The van der Waals surface area contributed by atoms with E-state index in [1.807, 2.05) is 30.2 Å². The summed E-state index contributed by atoms with van der Waals surface area (Å²) in [5, 5.41) is 1.74. The first-order valence-corrected chi connectivity index (χ1v) is 10.5. The van der Waals surface area contributed by atoms with Crippen molar-refractivity contribution in [2.45, 2.75) is 6.54 Å². The second-order valence-corrected chi connectivity index (χ2v) is 8.15. The highest BCUT2D eigenvalue weighted by atomic mass is 32.2. The van der Waals surface area contributed by atoms with Gasteiger partial charge in [0.2, 0.25) is 0 Å². The Morgan fingerprint density at radius 3 is 2.89 bits per heavy atom. The predicted molar refractivity (Wildman–Crippen MR) is 106 cm³/mol. The molecule has 0 radical (unpaired) electrons. The molecule has 0 saturated carbocycles. The molecule has 7 heteroatoms. The first-order chi connectivity index (χ1) is 13.3. The fraction of sp³-hybridized carbons (Fsp3) is 0.400. The van der Waals surface area contributed by atoms with E-state index in [0.29, 0.717) is 0 Å². The van der Waals surface area contributed by atoms with Gasteiger partial charge in [-0.25, -0.2) is 4.99 Å². The number of H-pyrrole nitrogens is 1. The number of benzene rings is 1. The van der Waals surface area contributed by atoms with Gasteiger partial charge in [0.25, 0.3) is 5.91 Å². The predicted octanol–water partition coefficient (Wildman–Crippen LogP) is 0.716. The molecule has 0 unspecified atom stereocenters. The number of carbonyl (C=O) groups excluding carboxylic acids is 1. The van der Waals surface area contributed by atoms with Gasteiger partial charge in [-0.1, -0.05) is 0 Å². The third-order valence-corrected chi connectivity index (χ3v) is 6.37. The number of thioether (sulfide) groups is 1. The van der Waals surface area contributed by atoms with Crippen molar-refractivity contribution in [3.63, 3.8) is 0 Å². The number of anilines is 1. The summed E-state index contributed by atoms with van der Waals surface area (Å²) in [6.45, 7) is 5.25. The van der Waals surface area contributed by atoms with E-state index in [9.17, 15) is 4.79 Å². The molecule has 0 spiro atoms. The highest BCUT2D eigenvalue weighted by Gasteiger charge is 2.24. The molecular weight excluding hydrogens is 360 g/mol. The lowest BCUT2D eigenvalue weighted by Gasteiger charge is -2.26. The van der Waals surface area contributed by atoms with Crippen LogP contribution in [0.4, 0.5) is 5.69 Å². The summed E-state index contributed by atoms with van der Waals surface area (Å²) in [5.41, 5.74) is 4.02. The van der Waals surface area contributed by atoms with E-state index in [2.05, 4.69) is 31.9 Å². The van der Waals surface area contributed by atoms with E-state index in [1.54, 1.807) is 0 Å². The summed E-state index contributed by atoms with van der Waals surface area (Å²) in [4.78, 5) is 25.0. The Labute approximate surface area is 161 Å². The van der Waals surface area contributed by atoms with Crippen molar-refractivity contribution in [3.8, 4) is 0 Å². The summed E-state index contributed by atoms with van der Waals surface area (Å²) in [6.07, 6.45) is 3.94. The minimum atomic E-state index is -0.138. The first kappa shape index (κ1) is 17.0. The zero-order valence-electron chi connectivity index (χ0n) is 15.1. The number of aromatic amines is 1. The largest absolute Gasteiger partial charge is 0.379 e. The van der Waals surface area contributed by atoms with E-state index in [-0.39, 0.29) is 5.91 Å². The Morgan fingerprint density at radius 2 is 2.07 bits per heavy atom. The molecule has 0 atom stereocenters. The van der Waals surface area contributed by atoms with E-state index in [1.165, 1.54) is 5.69 Å². The van der Waals surface area contributed by atoms with Crippen molar-refractivity contribution < 1.29 is 9.53 Å². The maximum atomic E-state index is 12.7. The summed E-state index contributed by atoms with van der Waals surface area (Å²) in [6, 6.07) is 6.19. The van der Waals surface area contributed by atoms with Crippen molar-refractivity contribution in [2.24, 2.45) is 4.99 Å². The Kier molecular flexibility index (Phi) is 4.51. The molecule has 27 heavy (non-hydrogen) atoms. The lowest BCUT2D eigenvalue weighted by atomic mass is 10.0. The van der Waals surface area contributed by atoms with Gasteiger partial charge in [-0.2, -0.15) is 0 Å². The number of morpholine rings is 1. The molecule has 2 saturated heterocycles. The molecule has 2 aromatic rings. The number of fused-ring (bicyclic) bond motifs is 1. The Bertz CT molecular complexity index is 988. The molecule has 1 aromatic carbocycles. The molecule has 3 aliphatic rings. The van der Waals surface area contributed by atoms with Crippen molar-refractivity contribution in [2.75, 3.05) is 49.4 Å². The monoisotopic (exact) mass is 382 g/mol. The number of nitrogens with one attached hydrogen (secondary N) is 1. The van der Waals surface area contributed by atoms with E-state index < -0.39 is 0 Å². The average Bonchev–Trinajstić information content (AvgIpc) is 3.41. The molecule has 3 aliphatic heterocycles. The maximum absolute atomic E-state index is 12.7. The second kappa shape index (κ2) is 7.14. The van der Waals surface area contributed by atoms with Crippen LogP contribution < -0.4 is 15.5 Å². The number of rotatable bonds is 4. The van der Waals surface area contributed by atoms with E-state index in [0.717, 1.165) is 78.3 Å². The number of nitrogens with zero attached hydrogens (tertiary/aromatic N) is 3. The summed E-state index contributed by atoms with van der Waals surface area (Å²) >= 11 is 1.94. The molecular formula is C20H22N4O2S. The topological polar surface area (TPSA) is 60.9 Å². The Hall–Kier alpha value is -2.09. The van der Waals surface area contributed by atoms with E-state index >= 15 is 0 Å². The summed E-state index contributed by atoms with van der Waals surface area (Å²) < 4.78 is 5.44. The van der Waals surface area contributed by atoms with Crippen molar-refractivity contribution in [1.82, 2.24) is 9.88 Å². The fourth-order valence-corrected chi connectivity index (χ4v) is 4.91. The number of ether oxygens (including phenoxy) is 1. The lowest BCUT2D eigenvalue weighted by molar-refractivity contribution is -0.112. The van der Waals surface area contributed by atoms with Crippen LogP contribution in [0.1, 0.15) is 11.1 Å². The quantitative estimate of drug-likeness (QED) is 0.844. The molecule has 1 N–H and O–H groups in total. The van der Waals surface area contributed by atoms with Crippen molar-refractivity contribution in [1.29, 1.82) is 0 Å². The van der Waals surface area contributed by atoms with Gasteiger partial charge < -0.3 is 14.6 Å². The number of hydrogen-bond donors (Lipinski definition) is 1. The molecule has 1 aromatic heterocycles. The smallest absolute Gasteiger partial charge is 0.278 e. The SMILES string of the molecule is O=C1N=c2ccc(N3CCSC3)cc2=C1c1c[nH]cc1CN1CCOCC1. The highest BCUT2D eigenvalue weighted by molar-refractivity contribution is 7.99. The van der Waals surface area contributed by atoms with Gasteiger partial charge in [0.05, 0.1) is 30.0 Å². The minimum absolute atomic E-state index is 0.138. The van der Waals surface area contributed by atoms with Crippen LogP contribution in [0.15, 0.2) is 35.6 Å². The number of hydrogen-bond acceptors (Lipinski definition) is 5. The van der Waals surface area contributed by atoms with Crippen LogP contribution in [0.2, 0.25) is 0 Å². The Balaban J connectivity index is 1.55. The van der Waals surface area contributed by atoms with Crippen LogP contribution in [-0.4, -0.2) is 60.3 Å². The lowest BCUT2D eigenvalue weighted by Crippen LogP contribution is -2.35. The number of carbonyl (C=O) groups is 1. The van der Waals surface area contributed by atoms with Gasteiger partial charge in [0.15, 0.2) is 0 Å². The van der Waals surface area contributed by atoms with Crippen LogP contribution in [-0.2, 0) is 16.1 Å². The van der Waals surface area contributed by atoms with Crippen LogP contribution in [0.5, 0.6) is 0 Å². The molecule has 4 heterocycles. The van der Waals surface area contributed by atoms with E-state index in [4.69, 9.17) is 4.74 Å². The molecule has 2 fully saturated rings. The minimum Gasteiger partial charge on any atom is -0.379 e. The van der Waals surface area contributed by atoms with Gasteiger partial charge in [-0.05, 0) is 23.8 Å². The number of aromatic nitrogens is 1. The van der Waals surface area contributed by atoms with Gasteiger partial charge in [0, 0.05) is 60.8 Å². The van der Waals surface area contributed by atoms with Crippen LogP contribution in [0, 0.1) is 0 Å². The maximum Gasteiger partial charge on any atom is 0.278 e. The van der Waals surface area contributed by atoms with Crippen LogP contribution in [0.3, 0.4) is 0 Å². The fourth-order valence-electron chi connectivity index (χ4n) is 3.94. The highest BCUT2D eigenvalue weighted by Crippen LogP contribution is 2.24. The van der Waals surface area contributed by atoms with Crippen molar-refractivity contribution >= 4 is 28.9 Å². The zero-order chi connectivity index (χ0) is 18.2. The van der Waals surface area contributed by atoms with Gasteiger partial charge in [-0.15, -0.1) is 11.8 Å².